The maximum atomic E-state index is 12.7. The van der Waals surface area contributed by atoms with Crippen molar-refractivity contribution in [3.63, 3.8) is 0 Å². The number of carbonyl (C=O) groups excluding carboxylic acids is 1. The van der Waals surface area contributed by atoms with Crippen LogP contribution in [0.5, 0.6) is 17.2 Å². The molecule has 0 saturated carbocycles. The second-order valence-electron chi connectivity index (χ2n) is 10.4. The summed E-state index contributed by atoms with van der Waals surface area (Å²) < 4.78 is 24.9. The van der Waals surface area contributed by atoms with Gasteiger partial charge >= 0.3 is 0 Å². The highest BCUT2D eigenvalue weighted by molar-refractivity contribution is 5.77. The van der Waals surface area contributed by atoms with Gasteiger partial charge in [-0.2, -0.15) is 0 Å². The van der Waals surface area contributed by atoms with Crippen molar-refractivity contribution >= 4 is 5.91 Å². The zero-order valence-corrected chi connectivity index (χ0v) is 24.3. The van der Waals surface area contributed by atoms with Crippen LogP contribution < -0.4 is 14.2 Å². The summed E-state index contributed by atoms with van der Waals surface area (Å²) in [5.74, 6) is 2.93. The number of ether oxygens (including phenoxy) is 4. The van der Waals surface area contributed by atoms with Gasteiger partial charge in [0.15, 0.2) is 11.5 Å². The highest BCUT2D eigenvalue weighted by Gasteiger charge is 2.37. The van der Waals surface area contributed by atoms with E-state index in [1.54, 1.807) is 12.0 Å². The predicted octanol–water partition coefficient (Wildman–Crippen LogP) is 3.02. The van der Waals surface area contributed by atoms with Gasteiger partial charge in [-0.05, 0) is 36.2 Å². The van der Waals surface area contributed by atoms with Gasteiger partial charge < -0.3 is 33.5 Å². The second-order valence-corrected chi connectivity index (χ2v) is 10.4. The van der Waals surface area contributed by atoms with Crippen molar-refractivity contribution in [1.82, 2.24) is 19.4 Å². The third-order valence-corrected chi connectivity index (χ3v) is 7.11. The van der Waals surface area contributed by atoms with Crippen LogP contribution in [-0.4, -0.2) is 96.2 Å². The lowest BCUT2D eigenvalue weighted by Crippen LogP contribution is -2.52. The fourth-order valence-electron chi connectivity index (χ4n) is 5.10. The Morgan fingerprint density at radius 1 is 1.05 bits per heavy atom. The minimum absolute atomic E-state index is 0.0323. The first kappa shape index (κ1) is 30.4. The molecule has 1 aromatic heterocycles. The number of aryl methyl sites for hydroxylation is 2. The number of amides is 1. The Kier molecular flexibility index (Phi) is 11.0. The summed E-state index contributed by atoms with van der Waals surface area (Å²) in [5.41, 5.74) is -0.252. The molecule has 10 heteroatoms. The molecule has 10 nitrogen and oxygen atoms in total. The molecule has 1 aliphatic heterocycles. The lowest BCUT2D eigenvalue weighted by Gasteiger charge is -2.33. The van der Waals surface area contributed by atoms with E-state index in [0.717, 1.165) is 30.8 Å². The molecule has 4 rings (SSSR count). The summed E-state index contributed by atoms with van der Waals surface area (Å²) in [6, 6.07) is 15.3. The van der Waals surface area contributed by atoms with Crippen LogP contribution in [0, 0.1) is 0 Å². The van der Waals surface area contributed by atoms with E-state index in [9.17, 15) is 9.90 Å². The highest BCUT2D eigenvalue weighted by Crippen LogP contribution is 2.29. The van der Waals surface area contributed by atoms with Gasteiger partial charge in [0.05, 0.1) is 20.3 Å². The summed E-state index contributed by atoms with van der Waals surface area (Å²) >= 11 is 0. The normalized spacial score (nSPS) is 17.7. The van der Waals surface area contributed by atoms with Gasteiger partial charge in [0, 0.05) is 58.6 Å². The predicted molar refractivity (Wildman–Crippen MR) is 155 cm³/mol. The molecule has 222 valence electrons. The average Bonchev–Trinajstić information content (AvgIpc) is 3.37. The first-order chi connectivity index (χ1) is 19.9. The van der Waals surface area contributed by atoms with E-state index < -0.39 is 5.60 Å². The number of imidazole rings is 1. The van der Waals surface area contributed by atoms with Crippen LogP contribution >= 0.6 is 0 Å². The fraction of sp³-hybridized carbons (Fsp3) is 0.484. The number of hydrogen-bond donors (Lipinski definition) is 1. The van der Waals surface area contributed by atoms with Crippen LogP contribution in [0.2, 0.25) is 0 Å². The summed E-state index contributed by atoms with van der Waals surface area (Å²) in [7, 11) is 3.13. The molecule has 0 radical (unpaired) electrons. The lowest BCUT2D eigenvalue weighted by atomic mass is 10.0. The minimum Gasteiger partial charge on any atom is -0.493 e. The number of hydrogen-bond acceptors (Lipinski definition) is 8. The van der Waals surface area contributed by atoms with Gasteiger partial charge in [0.25, 0.3) is 0 Å². The van der Waals surface area contributed by atoms with Crippen LogP contribution in [0.15, 0.2) is 60.9 Å². The molecule has 2 heterocycles. The van der Waals surface area contributed by atoms with Crippen LogP contribution in [0.3, 0.4) is 0 Å². The fourth-order valence-corrected chi connectivity index (χ4v) is 5.10. The van der Waals surface area contributed by atoms with Crippen molar-refractivity contribution in [1.29, 1.82) is 0 Å². The van der Waals surface area contributed by atoms with Crippen molar-refractivity contribution in [2.75, 3.05) is 60.2 Å². The topological polar surface area (TPSA) is 98.5 Å². The summed E-state index contributed by atoms with van der Waals surface area (Å²) in [4.78, 5) is 20.9. The first-order valence-corrected chi connectivity index (χ1v) is 14.1. The number of nitrogens with zero attached hydrogens (tertiary/aromatic N) is 4. The average molecular weight is 567 g/mol. The number of aliphatic hydroxyl groups is 1. The molecule has 1 saturated heterocycles. The van der Waals surface area contributed by atoms with E-state index >= 15 is 0 Å². The zero-order valence-electron chi connectivity index (χ0n) is 24.3. The molecule has 1 atom stereocenters. The van der Waals surface area contributed by atoms with Gasteiger partial charge in [0.1, 0.15) is 30.4 Å². The molecule has 1 unspecified atom stereocenters. The van der Waals surface area contributed by atoms with Crippen LogP contribution in [0.25, 0.3) is 0 Å². The largest absolute Gasteiger partial charge is 0.493 e. The number of methoxy groups -OCH3 is 2. The standard InChI is InChI=1S/C31H42N4O6/c1-4-29-32-13-15-34(29)14-8-18-40-28-19-25(11-12-27(28)39-3)20-33-16-17-35(30(36)21-38-2)23-31(37,22-33)24-41-26-9-6-5-7-10-26/h5-7,9-13,15,19,37H,4,8,14,16-18,20-24H2,1-3H3. The summed E-state index contributed by atoms with van der Waals surface area (Å²) in [6.45, 7) is 5.62. The smallest absolute Gasteiger partial charge is 0.248 e. The first-order valence-electron chi connectivity index (χ1n) is 14.1. The molecular formula is C31H42N4O6. The Morgan fingerprint density at radius 3 is 2.63 bits per heavy atom. The molecule has 41 heavy (non-hydrogen) atoms. The van der Waals surface area contributed by atoms with E-state index in [4.69, 9.17) is 18.9 Å². The Hall–Kier alpha value is -3.60. The van der Waals surface area contributed by atoms with Crippen molar-refractivity contribution in [2.24, 2.45) is 0 Å². The van der Waals surface area contributed by atoms with E-state index in [2.05, 4.69) is 21.4 Å². The van der Waals surface area contributed by atoms with E-state index in [1.165, 1.54) is 7.11 Å². The third-order valence-electron chi connectivity index (χ3n) is 7.11. The van der Waals surface area contributed by atoms with Gasteiger partial charge in [-0.3, -0.25) is 9.69 Å². The number of aromatic nitrogens is 2. The number of benzene rings is 2. The molecule has 0 spiro atoms. The molecule has 2 aromatic carbocycles. The Morgan fingerprint density at radius 2 is 1.88 bits per heavy atom. The van der Waals surface area contributed by atoms with Crippen molar-refractivity contribution in [2.45, 2.75) is 38.5 Å². The van der Waals surface area contributed by atoms with E-state index in [-0.39, 0.29) is 25.7 Å². The number of carbonyl (C=O) groups is 1. The van der Waals surface area contributed by atoms with Crippen molar-refractivity contribution in [3.8, 4) is 17.2 Å². The molecule has 1 fully saturated rings. The number of para-hydroxylation sites is 1. The Labute approximate surface area is 242 Å². The van der Waals surface area contributed by atoms with Crippen molar-refractivity contribution < 1.29 is 28.8 Å². The highest BCUT2D eigenvalue weighted by atomic mass is 16.5. The van der Waals surface area contributed by atoms with Gasteiger partial charge in [0.2, 0.25) is 5.91 Å². The molecular weight excluding hydrogens is 524 g/mol. The van der Waals surface area contributed by atoms with Gasteiger partial charge in [-0.25, -0.2) is 4.98 Å². The van der Waals surface area contributed by atoms with Crippen LogP contribution in [-0.2, 0) is 29.0 Å². The van der Waals surface area contributed by atoms with E-state index in [0.29, 0.717) is 50.0 Å². The van der Waals surface area contributed by atoms with Crippen LogP contribution in [0.4, 0.5) is 0 Å². The van der Waals surface area contributed by atoms with Gasteiger partial charge in [-0.1, -0.05) is 31.2 Å². The zero-order chi connectivity index (χ0) is 29.1. The maximum Gasteiger partial charge on any atom is 0.248 e. The monoisotopic (exact) mass is 566 g/mol. The minimum atomic E-state index is -1.27. The quantitative estimate of drug-likeness (QED) is 0.298. The summed E-state index contributed by atoms with van der Waals surface area (Å²) in [5, 5.41) is 11.7. The van der Waals surface area contributed by atoms with Gasteiger partial charge in [-0.15, -0.1) is 0 Å². The Bertz CT molecular complexity index is 1240. The summed E-state index contributed by atoms with van der Waals surface area (Å²) in [6.07, 6.45) is 5.56. The second kappa shape index (κ2) is 14.9. The molecule has 0 aliphatic carbocycles. The van der Waals surface area contributed by atoms with E-state index in [1.807, 2.05) is 60.9 Å². The molecule has 3 aromatic rings. The Balaban J connectivity index is 1.42. The molecule has 0 bridgehead atoms. The number of rotatable bonds is 14. The maximum absolute atomic E-state index is 12.7. The molecule has 1 amide bonds. The third kappa shape index (κ3) is 8.69. The molecule has 1 aliphatic rings. The van der Waals surface area contributed by atoms with Crippen molar-refractivity contribution in [3.05, 3.63) is 72.3 Å². The number of β-amino-alcohol motifs (C(OH)–C–C–N with tert-alkyl or cyclic N) is 1. The lowest BCUT2D eigenvalue weighted by molar-refractivity contribution is -0.138. The molecule has 1 N–H and O–H groups in total. The van der Waals surface area contributed by atoms with Crippen LogP contribution in [0.1, 0.15) is 24.7 Å². The SMILES string of the molecule is CCc1nccn1CCCOc1cc(CN2CCN(C(=O)COC)CC(O)(COc3ccccc3)C2)ccc1OC.